The lowest BCUT2D eigenvalue weighted by Gasteiger charge is -2.26. The fourth-order valence-electron chi connectivity index (χ4n) is 3.43. The Labute approximate surface area is 157 Å². The maximum atomic E-state index is 13.5. The molecule has 1 saturated heterocycles. The van der Waals surface area contributed by atoms with Crippen molar-refractivity contribution < 1.29 is 13.9 Å². The maximum Gasteiger partial charge on any atom is 0.237 e. The van der Waals surface area contributed by atoms with Crippen LogP contribution in [-0.4, -0.2) is 49.9 Å². The Hall–Kier alpha value is -2.57. The molecule has 0 saturated carbocycles. The zero-order chi connectivity index (χ0) is 18.6. The fraction of sp³-hybridized carbons (Fsp3) is 0.333. The van der Waals surface area contributed by atoms with Crippen LogP contribution in [0.2, 0.25) is 0 Å². The first kappa shape index (κ1) is 17.8. The van der Waals surface area contributed by atoms with E-state index in [0.29, 0.717) is 11.3 Å². The molecule has 0 aromatic heterocycles. The molecule has 4 rings (SSSR count). The average Bonchev–Trinajstić information content (AvgIpc) is 3.01. The molecule has 140 valence electrons. The number of halogens is 1. The zero-order valence-corrected chi connectivity index (χ0v) is 15.0. The SMILES string of the molecule is O=C1Nc2ccc(F)cc2C1C=Nc1ccc(CCN2CCOCC2)cc1. The molecule has 1 fully saturated rings. The van der Waals surface area contributed by atoms with Gasteiger partial charge in [-0.05, 0) is 47.9 Å². The van der Waals surface area contributed by atoms with Crippen LogP contribution in [0.4, 0.5) is 15.8 Å². The van der Waals surface area contributed by atoms with Crippen LogP contribution < -0.4 is 5.32 Å². The van der Waals surface area contributed by atoms with Gasteiger partial charge in [0.05, 0.1) is 18.9 Å². The van der Waals surface area contributed by atoms with Crippen molar-refractivity contribution >= 4 is 23.5 Å². The number of hydrogen-bond donors (Lipinski definition) is 1. The third kappa shape index (κ3) is 4.23. The molecule has 1 unspecified atom stereocenters. The molecule has 0 aliphatic carbocycles. The van der Waals surface area contributed by atoms with Crippen molar-refractivity contribution in [1.82, 2.24) is 4.90 Å². The Morgan fingerprint density at radius 3 is 2.74 bits per heavy atom. The summed E-state index contributed by atoms with van der Waals surface area (Å²) in [5.41, 5.74) is 3.32. The van der Waals surface area contributed by atoms with E-state index in [2.05, 4.69) is 27.3 Å². The van der Waals surface area contributed by atoms with Gasteiger partial charge in [-0.15, -0.1) is 0 Å². The van der Waals surface area contributed by atoms with Crippen LogP contribution in [0.5, 0.6) is 0 Å². The van der Waals surface area contributed by atoms with Gasteiger partial charge in [-0.25, -0.2) is 4.39 Å². The molecule has 0 bridgehead atoms. The first-order chi connectivity index (χ1) is 13.2. The van der Waals surface area contributed by atoms with Crippen LogP contribution in [0, 0.1) is 5.82 Å². The van der Waals surface area contributed by atoms with E-state index in [1.54, 1.807) is 12.3 Å². The predicted molar refractivity (Wildman–Crippen MR) is 103 cm³/mol. The first-order valence-electron chi connectivity index (χ1n) is 9.22. The number of morpholine rings is 1. The van der Waals surface area contributed by atoms with Crippen molar-refractivity contribution in [3.05, 3.63) is 59.4 Å². The molecular weight excluding hydrogens is 345 g/mol. The van der Waals surface area contributed by atoms with Crippen LogP contribution in [0.1, 0.15) is 17.0 Å². The van der Waals surface area contributed by atoms with Gasteiger partial charge in [0.25, 0.3) is 0 Å². The topological polar surface area (TPSA) is 53.9 Å². The monoisotopic (exact) mass is 367 g/mol. The van der Waals surface area contributed by atoms with Crippen LogP contribution in [-0.2, 0) is 16.0 Å². The molecule has 1 N–H and O–H groups in total. The van der Waals surface area contributed by atoms with E-state index in [1.807, 2.05) is 12.1 Å². The van der Waals surface area contributed by atoms with Gasteiger partial charge in [-0.1, -0.05) is 12.1 Å². The summed E-state index contributed by atoms with van der Waals surface area (Å²) in [6.45, 7) is 4.64. The first-order valence-corrected chi connectivity index (χ1v) is 9.22. The highest BCUT2D eigenvalue weighted by atomic mass is 19.1. The predicted octanol–water partition coefficient (Wildman–Crippen LogP) is 3.14. The minimum absolute atomic E-state index is 0.179. The molecule has 27 heavy (non-hydrogen) atoms. The van der Waals surface area contributed by atoms with Crippen LogP contribution in [0.3, 0.4) is 0 Å². The van der Waals surface area contributed by atoms with Gasteiger partial charge in [-0.2, -0.15) is 0 Å². The second-order valence-electron chi connectivity index (χ2n) is 6.85. The van der Waals surface area contributed by atoms with Gasteiger partial charge >= 0.3 is 0 Å². The summed E-state index contributed by atoms with van der Waals surface area (Å²) in [6, 6.07) is 12.3. The summed E-state index contributed by atoms with van der Waals surface area (Å²) in [7, 11) is 0. The van der Waals surface area contributed by atoms with E-state index in [1.165, 1.54) is 17.7 Å². The van der Waals surface area contributed by atoms with Gasteiger partial charge in [0.15, 0.2) is 0 Å². The number of benzene rings is 2. The molecule has 0 radical (unpaired) electrons. The second-order valence-corrected chi connectivity index (χ2v) is 6.85. The summed E-state index contributed by atoms with van der Waals surface area (Å²) >= 11 is 0. The van der Waals surface area contributed by atoms with Crippen molar-refractivity contribution in [3.63, 3.8) is 0 Å². The van der Waals surface area contributed by atoms with Crippen LogP contribution >= 0.6 is 0 Å². The number of rotatable bonds is 5. The van der Waals surface area contributed by atoms with Gasteiger partial charge in [-0.3, -0.25) is 14.7 Å². The zero-order valence-electron chi connectivity index (χ0n) is 15.0. The number of hydrogen-bond acceptors (Lipinski definition) is 4. The number of carbonyl (C=O) groups is 1. The number of anilines is 1. The smallest absolute Gasteiger partial charge is 0.237 e. The van der Waals surface area contributed by atoms with Gasteiger partial charge in [0, 0.05) is 31.5 Å². The summed E-state index contributed by atoms with van der Waals surface area (Å²) in [5, 5.41) is 2.76. The Balaban J connectivity index is 1.38. The highest BCUT2D eigenvalue weighted by molar-refractivity contribution is 6.12. The van der Waals surface area contributed by atoms with E-state index in [0.717, 1.165) is 45.0 Å². The lowest BCUT2D eigenvalue weighted by atomic mass is 10.0. The van der Waals surface area contributed by atoms with Gasteiger partial charge in [0.1, 0.15) is 11.7 Å². The lowest BCUT2D eigenvalue weighted by Crippen LogP contribution is -2.37. The van der Waals surface area contributed by atoms with Crippen molar-refractivity contribution in [2.45, 2.75) is 12.3 Å². The van der Waals surface area contributed by atoms with Crippen molar-refractivity contribution in [2.24, 2.45) is 4.99 Å². The summed E-state index contributed by atoms with van der Waals surface area (Å²) in [5.74, 6) is -1.09. The molecule has 2 aliphatic rings. The third-order valence-electron chi connectivity index (χ3n) is 5.02. The van der Waals surface area contributed by atoms with Crippen LogP contribution in [0.25, 0.3) is 0 Å². The Kier molecular flexibility index (Phi) is 5.27. The minimum atomic E-state index is -0.559. The number of nitrogens with zero attached hydrogens (tertiary/aromatic N) is 2. The summed E-state index contributed by atoms with van der Waals surface area (Å²) in [6.07, 6.45) is 2.57. The molecule has 1 atom stereocenters. The average molecular weight is 367 g/mol. The molecule has 0 spiro atoms. The molecule has 2 heterocycles. The third-order valence-corrected chi connectivity index (χ3v) is 5.02. The maximum absolute atomic E-state index is 13.5. The number of amides is 1. The Bertz CT molecular complexity index is 845. The molecule has 2 aromatic rings. The quantitative estimate of drug-likeness (QED) is 0.826. The summed E-state index contributed by atoms with van der Waals surface area (Å²) in [4.78, 5) is 18.9. The molecule has 2 aliphatic heterocycles. The Morgan fingerprint density at radius 1 is 1.19 bits per heavy atom. The molecule has 6 heteroatoms. The normalized spacial score (nSPS) is 20.0. The number of nitrogens with one attached hydrogen (secondary N) is 1. The summed E-state index contributed by atoms with van der Waals surface area (Å²) < 4.78 is 18.8. The molecule has 2 aromatic carbocycles. The molecule has 5 nitrogen and oxygen atoms in total. The van der Waals surface area contributed by atoms with E-state index in [-0.39, 0.29) is 11.7 Å². The van der Waals surface area contributed by atoms with Crippen molar-refractivity contribution in [2.75, 3.05) is 38.2 Å². The standard InChI is InChI=1S/C21H22FN3O2/c22-16-3-6-20-18(13-16)19(21(26)24-20)14-23-17-4-1-15(2-5-17)7-8-25-9-11-27-12-10-25/h1-6,13-14,19H,7-12H2,(H,24,26). The number of carbonyl (C=O) groups excluding carboxylic acids is 1. The van der Waals surface area contributed by atoms with Crippen molar-refractivity contribution in [3.8, 4) is 0 Å². The number of aliphatic imine (C=N–C) groups is 1. The van der Waals surface area contributed by atoms with Crippen LogP contribution in [0.15, 0.2) is 47.5 Å². The lowest BCUT2D eigenvalue weighted by molar-refractivity contribution is -0.115. The fourth-order valence-corrected chi connectivity index (χ4v) is 3.43. The van der Waals surface area contributed by atoms with E-state index in [9.17, 15) is 9.18 Å². The Morgan fingerprint density at radius 2 is 1.96 bits per heavy atom. The highest BCUT2D eigenvalue weighted by Gasteiger charge is 2.29. The minimum Gasteiger partial charge on any atom is -0.379 e. The van der Waals surface area contributed by atoms with E-state index in [4.69, 9.17) is 4.74 Å². The van der Waals surface area contributed by atoms with E-state index >= 15 is 0 Å². The highest BCUT2D eigenvalue weighted by Crippen LogP contribution is 2.32. The largest absolute Gasteiger partial charge is 0.379 e. The van der Waals surface area contributed by atoms with Gasteiger partial charge in [0.2, 0.25) is 5.91 Å². The number of ether oxygens (including phenoxy) is 1. The molecule has 1 amide bonds. The molecular formula is C21H22FN3O2. The number of fused-ring (bicyclic) bond motifs is 1. The van der Waals surface area contributed by atoms with E-state index < -0.39 is 5.92 Å². The second kappa shape index (κ2) is 7.98. The van der Waals surface area contributed by atoms with Crippen molar-refractivity contribution in [1.29, 1.82) is 0 Å². The van der Waals surface area contributed by atoms with Gasteiger partial charge < -0.3 is 10.1 Å².